The van der Waals surface area contributed by atoms with Crippen LogP contribution >= 0.6 is 0 Å². The summed E-state index contributed by atoms with van der Waals surface area (Å²) >= 11 is 0. The first-order chi connectivity index (χ1) is 9.29. The predicted molar refractivity (Wildman–Crippen MR) is 70.9 cm³/mol. The molecule has 0 saturated heterocycles. The summed E-state index contributed by atoms with van der Waals surface area (Å²) in [5.41, 5.74) is 8.56. The average Bonchev–Trinajstić information content (AvgIpc) is 2.90. The molecule has 96 valence electrons. The monoisotopic (exact) mass is 255 g/mol. The Labute approximate surface area is 110 Å². The van der Waals surface area contributed by atoms with Gasteiger partial charge in [0.05, 0.1) is 0 Å². The van der Waals surface area contributed by atoms with Gasteiger partial charge in [0.25, 0.3) is 0 Å². The third kappa shape index (κ3) is 1.97. The Morgan fingerprint density at radius 2 is 1.79 bits per heavy atom. The van der Waals surface area contributed by atoms with Gasteiger partial charge < -0.3 is 15.8 Å². The quantitative estimate of drug-likeness (QED) is 0.363. The fraction of sp³-hybridized carbons (Fsp3) is 0.154. The second kappa shape index (κ2) is 4.56. The molecule has 0 bridgehead atoms. The Bertz CT molecular complexity index is 615. The Balaban J connectivity index is 1.98. The Morgan fingerprint density at radius 3 is 2.42 bits per heavy atom. The van der Waals surface area contributed by atoms with Crippen LogP contribution in [0.3, 0.4) is 0 Å². The lowest BCUT2D eigenvalue weighted by molar-refractivity contribution is 0.318. The van der Waals surface area contributed by atoms with Gasteiger partial charge in [-0.2, -0.15) is 0 Å². The smallest absolute Gasteiger partial charge is 0.192 e. The van der Waals surface area contributed by atoms with E-state index in [1.165, 1.54) is 17.3 Å². The van der Waals surface area contributed by atoms with Crippen molar-refractivity contribution in [1.82, 2.24) is 9.97 Å². The molecule has 2 heterocycles. The Kier molecular flexibility index (Phi) is 2.75. The maximum absolute atomic E-state index is 8.81. The molecule has 1 aromatic carbocycles. The second-order valence-electron chi connectivity index (χ2n) is 4.34. The van der Waals surface area contributed by atoms with Gasteiger partial charge in [0.15, 0.2) is 17.3 Å². The number of benzene rings is 1. The largest absolute Gasteiger partial charge is 0.409 e. The molecule has 1 aliphatic rings. The summed E-state index contributed by atoms with van der Waals surface area (Å²) in [6.07, 6.45) is 3.13. The van der Waals surface area contributed by atoms with Gasteiger partial charge in [0.2, 0.25) is 0 Å². The van der Waals surface area contributed by atoms with Gasteiger partial charge in [0, 0.05) is 25.5 Å². The van der Waals surface area contributed by atoms with E-state index in [2.05, 4.69) is 32.2 Å². The van der Waals surface area contributed by atoms with Gasteiger partial charge in [-0.25, -0.2) is 9.97 Å². The number of hydrogen-bond donors (Lipinski definition) is 2. The maximum Gasteiger partial charge on any atom is 0.192 e. The van der Waals surface area contributed by atoms with Crippen LogP contribution in [0.15, 0.2) is 41.8 Å². The number of aromatic nitrogens is 2. The maximum atomic E-state index is 8.81. The van der Waals surface area contributed by atoms with E-state index in [1.807, 2.05) is 12.1 Å². The highest BCUT2D eigenvalue weighted by Crippen LogP contribution is 2.27. The van der Waals surface area contributed by atoms with Crippen molar-refractivity contribution in [3.8, 4) is 0 Å². The number of anilines is 1. The second-order valence-corrected chi connectivity index (χ2v) is 4.34. The minimum absolute atomic E-state index is 0.0287. The number of amidine groups is 1. The highest BCUT2D eigenvalue weighted by molar-refractivity contribution is 5.99. The summed E-state index contributed by atoms with van der Waals surface area (Å²) in [4.78, 5) is 10.5. The van der Waals surface area contributed by atoms with Crippen LogP contribution in [0.2, 0.25) is 0 Å². The fourth-order valence-corrected chi connectivity index (χ4v) is 2.27. The lowest BCUT2D eigenvalue weighted by Crippen LogP contribution is -2.24. The van der Waals surface area contributed by atoms with Crippen LogP contribution in [0.5, 0.6) is 0 Å². The SMILES string of the molecule is NC(=NO)c1nccnc1N1Cc2ccccc2C1. The molecule has 0 spiro atoms. The minimum atomic E-state index is -0.0287. The first kappa shape index (κ1) is 11.5. The first-order valence-corrected chi connectivity index (χ1v) is 5.90. The summed E-state index contributed by atoms with van der Waals surface area (Å²) in [6, 6.07) is 8.22. The molecular weight excluding hydrogens is 242 g/mol. The molecule has 0 unspecified atom stereocenters. The molecule has 0 atom stereocenters. The van der Waals surface area contributed by atoms with Crippen LogP contribution in [0, 0.1) is 0 Å². The molecule has 6 heteroatoms. The average molecular weight is 255 g/mol. The lowest BCUT2D eigenvalue weighted by Gasteiger charge is -2.18. The van der Waals surface area contributed by atoms with Crippen molar-refractivity contribution in [3.63, 3.8) is 0 Å². The van der Waals surface area contributed by atoms with E-state index in [1.54, 1.807) is 6.20 Å². The molecule has 0 radical (unpaired) electrons. The van der Waals surface area contributed by atoms with E-state index in [4.69, 9.17) is 10.9 Å². The molecular formula is C13H13N5O. The van der Waals surface area contributed by atoms with E-state index in [0.29, 0.717) is 11.5 Å². The van der Waals surface area contributed by atoms with Gasteiger partial charge >= 0.3 is 0 Å². The zero-order valence-electron chi connectivity index (χ0n) is 10.2. The van der Waals surface area contributed by atoms with Gasteiger partial charge in [0.1, 0.15) is 0 Å². The number of fused-ring (bicyclic) bond motifs is 1. The standard InChI is InChI=1S/C13H13N5O/c14-12(17-19)11-13(16-6-5-15-11)18-7-9-3-1-2-4-10(9)8-18/h1-6,19H,7-8H2,(H2,14,17). The molecule has 1 aromatic heterocycles. The normalized spacial score (nSPS) is 14.5. The molecule has 0 saturated carbocycles. The zero-order valence-corrected chi connectivity index (χ0v) is 10.2. The third-order valence-corrected chi connectivity index (χ3v) is 3.17. The number of nitrogens with zero attached hydrogens (tertiary/aromatic N) is 4. The highest BCUT2D eigenvalue weighted by atomic mass is 16.4. The molecule has 0 amide bonds. The van der Waals surface area contributed by atoms with Crippen LogP contribution in [0.1, 0.15) is 16.8 Å². The van der Waals surface area contributed by atoms with Crippen molar-refractivity contribution in [3.05, 3.63) is 53.5 Å². The van der Waals surface area contributed by atoms with Crippen molar-refractivity contribution < 1.29 is 5.21 Å². The lowest BCUT2D eigenvalue weighted by atomic mass is 10.1. The first-order valence-electron chi connectivity index (χ1n) is 5.90. The van der Waals surface area contributed by atoms with Crippen LogP contribution in [-0.4, -0.2) is 21.0 Å². The zero-order chi connectivity index (χ0) is 13.2. The highest BCUT2D eigenvalue weighted by Gasteiger charge is 2.23. The molecule has 2 aromatic rings. The number of hydrogen-bond acceptors (Lipinski definition) is 5. The summed E-state index contributed by atoms with van der Waals surface area (Å²) in [5.74, 6) is 0.605. The van der Waals surface area contributed by atoms with Crippen LogP contribution in [0.4, 0.5) is 5.82 Å². The van der Waals surface area contributed by atoms with Crippen molar-refractivity contribution in [2.75, 3.05) is 4.90 Å². The van der Waals surface area contributed by atoms with Crippen LogP contribution < -0.4 is 10.6 Å². The molecule has 1 aliphatic heterocycles. The van der Waals surface area contributed by atoms with E-state index in [0.717, 1.165) is 13.1 Å². The van der Waals surface area contributed by atoms with Crippen molar-refractivity contribution in [1.29, 1.82) is 0 Å². The third-order valence-electron chi connectivity index (χ3n) is 3.17. The Morgan fingerprint density at radius 1 is 1.16 bits per heavy atom. The topological polar surface area (TPSA) is 87.6 Å². The van der Waals surface area contributed by atoms with Crippen molar-refractivity contribution in [2.24, 2.45) is 10.9 Å². The molecule has 0 aliphatic carbocycles. The summed E-state index contributed by atoms with van der Waals surface area (Å²) < 4.78 is 0. The molecule has 19 heavy (non-hydrogen) atoms. The predicted octanol–water partition coefficient (Wildman–Crippen LogP) is 1.09. The molecule has 3 rings (SSSR count). The van der Waals surface area contributed by atoms with E-state index >= 15 is 0 Å². The van der Waals surface area contributed by atoms with Crippen molar-refractivity contribution >= 4 is 11.7 Å². The van der Waals surface area contributed by atoms with Crippen LogP contribution in [-0.2, 0) is 13.1 Å². The van der Waals surface area contributed by atoms with E-state index < -0.39 is 0 Å². The molecule has 6 nitrogen and oxygen atoms in total. The summed E-state index contributed by atoms with van der Waals surface area (Å²) in [6.45, 7) is 1.50. The van der Waals surface area contributed by atoms with E-state index in [9.17, 15) is 0 Å². The summed E-state index contributed by atoms with van der Waals surface area (Å²) in [7, 11) is 0. The molecule has 0 fully saturated rings. The van der Waals surface area contributed by atoms with Gasteiger partial charge in [-0.15, -0.1) is 0 Å². The number of nitrogens with two attached hydrogens (primary N) is 1. The van der Waals surface area contributed by atoms with E-state index in [-0.39, 0.29) is 5.84 Å². The summed E-state index contributed by atoms with van der Waals surface area (Å²) in [5, 5.41) is 11.8. The number of oxime groups is 1. The molecule has 3 N–H and O–H groups in total. The van der Waals surface area contributed by atoms with Gasteiger partial charge in [-0.1, -0.05) is 29.4 Å². The van der Waals surface area contributed by atoms with Gasteiger partial charge in [-0.3, -0.25) is 0 Å². The minimum Gasteiger partial charge on any atom is -0.409 e. The van der Waals surface area contributed by atoms with Crippen LogP contribution in [0.25, 0.3) is 0 Å². The number of rotatable bonds is 2. The van der Waals surface area contributed by atoms with Gasteiger partial charge in [-0.05, 0) is 11.1 Å². The fourth-order valence-electron chi connectivity index (χ4n) is 2.27. The Hall–Kier alpha value is -2.63. The van der Waals surface area contributed by atoms with Crippen molar-refractivity contribution in [2.45, 2.75) is 13.1 Å².